The SMILES string of the molecule is CCCC1CC(NCCCO)CN(C(N)=O)C1. The van der Waals surface area contributed by atoms with Crippen molar-refractivity contribution in [2.75, 3.05) is 26.2 Å². The average molecular weight is 243 g/mol. The number of carbonyl (C=O) groups is 1. The highest BCUT2D eigenvalue weighted by molar-refractivity contribution is 5.72. The minimum atomic E-state index is -0.320. The number of nitrogens with zero attached hydrogens (tertiary/aromatic N) is 1. The molecule has 1 fully saturated rings. The number of likely N-dealkylation sites (tertiary alicyclic amines) is 1. The second-order valence-electron chi connectivity index (χ2n) is 4.86. The zero-order valence-electron chi connectivity index (χ0n) is 10.7. The van der Waals surface area contributed by atoms with Crippen LogP contribution in [-0.2, 0) is 0 Å². The molecule has 1 saturated heterocycles. The lowest BCUT2D eigenvalue weighted by Crippen LogP contribution is -2.53. The van der Waals surface area contributed by atoms with E-state index in [4.69, 9.17) is 10.8 Å². The molecule has 2 atom stereocenters. The van der Waals surface area contributed by atoms with E-state index in [-0.39, 0.29) is 12.6 Å². The summed E-state index contributed by atoms with van der Waals surface area (Å²) < 4.78 is 0. The summed E-state index contributed by atoms with van der Waals surface area (Å²) in [6.45, 7) is 4.66. The molecular weight excluding hydrogens is 218 g/mol. The van der Waals surface area contributed by atoms with E-state index in [1.165, 1.54) is 0 Å². The molecule has 0 aromatic carbocycles. The minimum absolute atomic E-state index is 0.206. The average Bonchev–Trinajstić information content (AvgIpc) is 2.29. The second-order valence-corrected chi connectivity index (χ2v) is 4.86. The van der Waals surface area contributed by atoms with Gasteiger partial charge in [0.25, 0.3) is 0 Å². The van der Waals surface area contributed by atoms with Crippen molar-refractivity contribution in [2.45, 2.75) is 38.6 Å². The van der Waals surface area contributed by atoms with E-state index in [0.29, 0.717) is 18.5 Å². The molecule has 1 rings (SSSR count). The van der Waals surface area contributed by atoms with Crippen LogP contribution in [0.5, 0.6) is 0 Å². The zero-order chi connectivity index (χ0) is 12.7. The first-order valence-corrected chi connectivity index (χ1v) is 6.56. The van der Waals surface area contributed by atoms with Crippen LogP contribution in [0.1, 0.15) is 32.6 Å². The smallest absolute Gasteiger partial charge is 0.314 e. The number of hydrogen-bond donors (Lipinski definition) is 3. The molecule has 0 aliphatic carbocycles. The normalized spacial score (nSPS) is 24.9. The molecule has 2 unspecified atom stereocenters. The van der Waals surface area contributed by atoms with Crippen molar-refractivity contribution >= 4 is 6.03 Å². The van der Waals surface area contributed by atoms with Crippen molar-refractivity contribution in [2.24, 2.45) is 11.7 Å². The summed E-state index contributed by atoms with van der Waals surface area (Å²) in [5.41, 5.74) is 5.36. The molecule has 1 aliphatic heterocycles. The Morgan fingerprint density at radius 2 is 2.29 bits per heavy atom. The molecule has 1 heterocycles. The van der Waals surface area contributed by atoms with Crippen molar-refractivity contribution in [3.05, 3.63) is 0 Å². The number of hydrogen-bond acceptors (Lipinski definition) is 3. The molecular formula is C12H25N3O2. The number of urea groups is 1. The summed E-state index contributed by atoms with van der Waals surface area (Å²) in [7, 11) is 0. The van der Waals surface area contributed by atoms with Crippen LogP contribution in [-0.4, -0.2) is 48.3 Å². The number of aliphatic hydroxyl groups excluding tert-OH is 1. The van der Waals surface area contributed by atoms with Crippen molar-refractivity contribution in [1.29, 1.82) is 0 Å². The van der Waals surface area contributed by atoms with Crippen LogP contribution >= 0.6 is 0 Å². The Kier molecular flexibility index (Phi) is 6.29. The molecule has 4 N–H and O–H groups in total. The van der Waals surface area contributed by atoms with E-state index in [0.717, 1.165) is 38.8 Å². The van der Waals surface area contributed by atoms with Crippen molar-refractivity contribution in [3.63, 3.8) is 0 Å². The van der Waals surface area contributed by atoms with Crippen molar-refractivity contribution in [3.8, 4) is 0 Å². The number of carbonyl (C=O) groups excluding carboxylic acids is 1. The summed E-state index contributed by atoms with van der Waals surface area (Å²) in [6, 6.07) is -0.000823. The number of primary amides is 1. The Bertz CT molecular complexity index is 236. The van der Waals surface area contributed by atoms with Gasteiger partial charge in [-0.25, -0.2) is 4.79 Å². The van der Waals surface area contributed by atoms with E-state index in [1.807, 2.05) is 0 Å². The quantitative estimate of drug-likeness (QED) is 0.595. The second kappa shape index (κ2) is 7.50. The Hall–Kier alpha value is -0.810. The van der Waals surface area contributed by atoms with Gasteiger partial charge in [0.2, 0.25) is 0 Å². The fraction of sp³-hybridized carbons (Fsp3) is 0.917. The third-order valence-electron chi connectivity index (χ3n) is 3.31. The number of rotatable bonds is 6. The Labute approximate surface area is 103 Å². The standard InChI is InChI=1S/C12H25N3O2/c1-2-4-10-7-11(14-5-3-6-16)9-15(8-10)12(13)17/h10-11,14,16H,2-9H2,1H3,(H2,13,17). The summed E-state index contributed by atoms with van der Waals surface area (Å²) >= 11 is 0. The molecule has 1 aliphatic rings. The van der Waals surface area contributed by atoms with E-state index in [2.05, 4.69) is 12.2 Å². The van der Waals surface area contributed by atoms with Crippen LogP contribution in [0, 0.1) is 5.92 Å². The van der Waals surface area contributed by atoms with E-state index in [9.17, 15) is 4.79 Å². The summed E-state index contributed by atoms with van der Waals surface area (Å²) in [4.78, 5) is 13.0. The third-order valence-corrected chi connectivity index (χ3v) is 3.31. The molecule has 5 heteroatoms. The van der Waals surface area contributed by atoms with Crippen molar-refractivity contribution in [1.82, 2.24) is 10.2 Å². The van der Waals surface area contributed by atoms with Gasteiger partial charge in [0, 0.05) is 25.7 Å². The molecule has 100 valence electrons. The van der Waals surface area contributed by atoms with Gasteiger partial charge in [0.15, 0.2) is 0 Å². The molecule has 2 amide bonds. The molecule has 17 heavy (non-hydrogen) atoms. The molecule has 0 spiro atoms. The van der Waals surface area contributed by atoms with Gasteiger partial charge in [-0.1, -0.05) is 13.3 Å². The zero-order valence-corrected chi connectivity index (χ0v) is 10.7. The molecule has 0 radical (unpaired) electrons. The first-order valence-electron chi connectivity index (χ1n) is 6.56. The van der Waals surface area contributed by atoms with Crippen LogP contribution in [0.25, 0.3) is 0 Å². The predicted molar refractivity (Wildman–Crippen MR) is 67.7 cm³/mol. The maximum absolute atomic E-state index is 11.3. The molecule has 0 aromatic rings. The summed E-state index contributed by atoms with van der Waals surface area (Å²) in [5.74, 6) is 0.549. The van der Waals surface area contributed by atoms with Crippen LogP contribution in [0.4, 0.5) is 4.79 Å². The van der Waals surface area contributed by atoms with Gasteiger partial charge in [0.1, 0.15) is 0 Å². The lowest BCUT2D eigenvalue weighted by atomic mass is 9.90. The van der Waals surface area contributed by atoms with Crippen molar-refractivity contribution < 1.29 is 9.90 Å². The number of nitrogens with one attached hydrogen (secondary N) is 1. The van der Waals surface area contributed by atoms with Crippen LogP contribution in [0.2, 0.25) is 0 Å². The highest BCUT2D eigenvalue weighted by atomic mass is 16.3. The Balaban J connectivity index is 2.43. The van der Waals surface area contributed by atoms with E-state index < -0.39 is 0 Å². The van der Waals surface area contributed by atoms with E-state index >= 15 is 0 Å². The lowest BCUT2D eigenvalue weighted by molar-refractivity contribution is 0.147. The molecule has 0 bridgehead atoms. The number of aliphatic hydroxyl groups is 1. The Morgan fingerprint density at radius 3 is 2.88 bits per heavy atom. The Morgan fingerprint density at radius 1 is 1.53 bits per heavy atom. The fourth-order valence-corrected chi connectivity index (χ4v) is 2.53. The van der Waals surface area contributed by atoms with Gasteiger partial charge in [-0.2, -0.15) is 0 Å². The largest absolute Gasteiger partial charge is 0.396 e. The van der Waals surface area contributed by atoms with Gasteiger partial charge in [-0.15, -0.1) is 0 Å². The summed E-state index contributed by atoms with van der Waals surface area (Å²) in [6.07, 6.45) is 4.14. The highest BCUT2D eigenvalue weighted by Crippen LogP contribution is 2.21. The predicted octanol–water partition coefficient (Wildman–Crippen LogP) is 0.528. The maximum atomic E-state index is 11.3. The van der Waals surface area contributed by atoms with Gasteiger partial charge in [-0.05, 0) is 31.7 Å². The van der Waals surface area contributed by atoms with Crippen LogP contribution < -0.4 is 11.1 Å². The number of piperidine rings is 1. The van der Waals surface area contributed by atoms with Gasteiger partial charge >= 0.3 is 6.03 Å². The molecule has 0 aromatic heterocycles. The third kappa shape index (κ3) is 4.91. The summed E-state index contributed by atoms with van der Waals surface area (Å²) in [5, 5.41) is 12.1. The van der Waals surface area contributed by atoms with Gasteiger partial charge < -0.3 is 21.1 Å². The molecule has 0 saturated carbocycles. The number of nitrogens with two attached hydrogens (primary N) is 1. The number of amides is 2. The van der Waals surface area contributed by atoms with E-state index in [1.54, 1.807) is 4.90 Å². The monoisotopic (exact) mass is 243 g/mol. The van der Waals surface area contributed by atoms with Gasteiger partial charge in [-0.3, -0.25) is 0 Å². The molecule has 5 nitrogen and oxygen atoms in total. The topological polar surface area (TPSA) is 78.6 Å². The lowest BCUT2D eigenvalue weighted by Gasteiger charge is -2.37. The first kappa shape index (κ1) is 14.3. The minimum Gasteiger partial charge on any atom is -0.396 e. The maximum Gasteiger partial charge on any atom is 0.314 e. The first-order chi connectivity index (χ1) is 8.17. The highest BCUT2D eigenvalue weighted by Gasteiger charge is 2.27. The van der Waals surface area contributed by atoms with Gasteiger partial charge in [0.05, 0.1) is 0 Å². The fourth-order valence-electron chi connectivity index (χ4n) is 2.53. The van der Waals surface area contributed by atoms with Crippen LogP contribution in [0.15, 0.2) is 0 Å². The van der Waals surface area contributed by atoms with Crippen LogP contribution in [0.3, 0.4) is 0 Å².